The molecule has 0 saturated carbocycles. The zero-order valence-electron chi connectivity index (χ0n) is 28.3. The maximum atomic E-state index is 6.06. The van der Waals surface area contributed by atoms with E-state index in [0.717, 1.165) is 50.1 Å². The van der Waals surface area contributed by atoms with Gasteiger partial charge in [-0.25, -0.2) is 0 Å². The summed E-state index contributed by atoms with van der Waals surface area (Å²) in [5.74, 6) is 0. The van der Waals surface area contributed by atoms with Crippen molar-refractivity contribution in [2.45, 2.75) is 0 Å². The van der Waals surface area contributed by atoms with Crippen LogP contribution in [-0.4, -0.2) is 4.98 Å². The van der Waals surface area contributed by atoms with Crippen molar-refractivity contribution in [1.82, 2.24) is 4.98 Å². The van der Waals surface area contributed by atoms with E-state index < -0.39 is 0 Å². The molecule has 10 rings (SSSR count). The van der Waals surface area contributed by atoms with Gasteiger partial charge in [-0.3, -0.25) is 4.98 Å². The fourth-order valence-electron chi connectivity index (χ4n) is 7.59. The first-order valence-electron chi connectivity index (χ1n) is 17.6. The lowest BCUT2D eigenvalue weighted by Gasteiger charge is -2.26. The summed E-state index contributed by atoms with van der Waals surface area (Å²) in [5.41, 5.74) is 12.1. The molecule has 0 radical (unpaired) electrons. The molecule has 3 heteroatoms. The monoisotopic (exact) mass is 664 g/mol. The Morgan fingerprint density at radius 3 is 1.79 bits per heavy atom. The molecule has 3 nitrogen and oxygen atoms in total. The molecule has 0 aliphatic rings. The summed E-state index contributed by atoms with van der Waals surface area (Å²) in [5, 5.41) is 7.16. The molecule has 0 spiro atoms. The molecular weight excluding hydrogens is 633 g/mol. The van der Waals surface area contributed by atoms with E-state index in [2.05, 4.69) is 186 Å². The average Bonchev–Trinajstić information content (AvgIpc) is 3.60. The van der Waals surface area contributed by atoms with E-state index in [1.807, 2.05) is 12.3 Å². The van der Waals surface area contributed by atoms with Crippen LogP contribution < -0.4 is 4.90 Å². The van der Waals surface area contributed by atoms with Crippen LogP contribution in [0.15, 0.2) is 199 Å². The van der Waals surface area contributed by atoms with Crippen molar-refractivity contribution in [3.8, 4) is 33.4 Å². The SMILES string of the molecule is c1ccc(-c2cccc(N(c3ccc(-c4ccc5oc6ccncc6c5c4)cc3)c3ccc(-c4cc5ccccc5c5ccccc45)cc3)c2)cc1. The number of hydrogen-bond donors (Lipinski definition) is 0. The van der Waals surface area contributed by atoms with Crippen molar-refractivity contribution in [3.63, 3.8) is 0 Å². The second-order valence-electron chi connectivity index (χ2n) is 13.2. The van der Waals surface area contributed by atoms with Gasteiger partial charge in [-0.15, -0.1) is 0 Å². The van der Waals surface area contributed by atoms with Crippen LogP contribution in [0.5, 0.6) is 0 Å². The van der Waals surface area contributed by atoms with Gasteiger partial charge in [0.2, 0.25) is 0 Å². The summed E-state index contributed by atoms with van der Waals surface area (Å²) in [7, 11) is 0. The van der Waals surface area contributed by atoms with Crippen LogP contribution in [0.25, 0.3) is 76.9 Å². The number of fused-ring (bicyclic) bond motifs is 6. The van der Waals surface area contributed by atoms with Crippen LogP contribution in [0, 0.1) is 0 Å². The Labute approximate surface area is 301 Å². The van der Waals surface area contributed by atoms with Crippen molar-refractivity contribution < 1.29 is 4.42 Å². The predicted molar refractivity (Wildman–Crippen MR) is 218 cm³/mol. The van der Waals surface area contributed by atoms with Crippen LogP contribution in [0.1, 0.15) is 0 Å². The first kappa shape index (κ1) is 29.9. The third-order valence-electron chi connectivity index (χ3n) is 10.1. The minimum Gasteiger partial charge on any atom is -0.456 e. The zero-order valence-corrected chi connectivity index (χ0v) is 28.3. The molecule has 2 heterocycles. The maximum Gasteiger partial charge on any atom is 0.138 e. The molecule has 0 unspecified atom stereocenters. The molecule has 0 atom stereocenters. The highest BCUT2D eigenvalue weighted by Crippen LogP contribution is 2.41. The van der Waals surface area contributed by atoms with E-state index in [0.29, 0.717) is 0 Å². The summed E-state index contributed by atoms with van der Waals surface area (Å²) < 4.78 is 6.06. The largest absolute Gasteiger partial charge is 0.456 e. The molecule has 0 N–H and O–H groups in total. The highest BCUT2D eigenvalue weighted by molar-refractivity contribution is 6.13. The molecule has 0 bridgehead atoms. The molecule has 0 aliphatic carbocycles. The molecule has 0 aliphatic heterocycles. The summed E-state index contributed by atoms with van der Waals surface area (Å²) >= 11 is 0. The molecule has 10 aromatic rings. The first-order valence-corrected chi connectivity index (χ1v) is 17.6. The van der Waals surface area contributed by atoms with Crippen molar-refractivity contribution in [2.24, 2.45) is 0 Å². The smallest absolute Gasteiger partial charge is 0.138 e. The van der Waals surface area contributed by atoms with Gasteiger partial charge in [0.05, 0.1) is 0 Å². The molecular formula is C49H32N2O. The number of rotatable bonds is 6. The fraction of sp³-hybridized carbons (Fsp3) is 0. The molecule has 0 saturated heterocycles. The lowest BCUT2D eigenvalue weighted by atomic mass is 9.93. The minimum atomic E-state index is 0.852. The molecule has 2 aromatic heterocycles. The van der Waals surface area contributed by atoms with Gasteiger partial charge >= 0.3 is 0 Å². The van der Waals surface area contributed by atoms with Crippen LogP contribution in [-0.2, 0) is 0 Å². The van der Waals surface area contributed by atoms with E-state index in [1.54, 1.807) is 6.20 Å². The molecule has 0 fully saturated rings. The highest BCUT2D eigenvalue weighted by Gasteiger charge is 2.16. The Balaban J connectivity index is 1.07. The van der Waals surface area contributed by atoms with Crippen LogP contribution >= 0.6 is 0 Å². The molecule has 8 aromatic carbocycles. The normalized spacial score (nSPS) is 11.5. The van der Waals surface area contributed by atoms with Gasteiger partial charge in [-0.1, -0.05) is 121 Å². The third-order valence-corrected chi connectivity index (χ3v) is 10.1. The minimum absolute atomic E-state index is 0.852. The van der Waals surface area contributed by atoms with Gasteiger partial charge in [-0.2, -0.15) is 0 Å². The van der Waals surface area contributed by atoms with E-state index in [4.69, 9.17) is 4.42 Å². The van der Waals surface area contributed by atoms with E-state index in [1.165, 1.54) is 43.8 Å². The second-order valence-corrected chi connectivity index (χ2v) is 13.2. The van der Waals surface area contributed by atoms with Gasteiger partial charge in [0.1, 0.15) is 11.2 Å². The summed E-state index contributed by atoms with van der Waals surface area (Å²) in [6, 6.07) is 65.2. The van der Waals surface area contributed by atoms with Gasteiger partial charge in [-0.05, 0) is 116 Å². The standard InChI is InChI=1S/C49H32N2O/c1-2-9-33(10-3-1)36-12-8-13-41(29-36)51(39-22-17-34(18-23-39)37-21-26-48-46(30-37)47-32-50-28-27-49(47)52-48)40-24-19-35(20-25-40)45-31-38-11-4-5-14-42(38)43-15-6-7-16-44(43)45/h1-32H. The van der Waals surface area contributed by atoms with E-state index >= 15 is 0 Å². The second kappa shape index (κ2) is 12.4. The zero-order chi connectivity index (χ0) is 34.4. The summed E-state index contributed by atoms with van der Waals surface area (Å²) in [6.07, 6.45) is 3.65. The Morgan fingerprint density at radius 1 is 0.365 bits per heavy atom. The number of anilines is 3. The van der Waals surface area contributed by atoms with Crippen molar-refractivity contribution >= 4 is 60.5 Å². The van der Waals surface area contributed by atoms with Crippen LogP contribution in [0.4, 0.5) is 17.1 Å². The first-order chi connectivity index (χ1) is 25.8. The Morgan fingerprint density at radius 2 is 0.981 bits per heavy atom. The third kappa shape index (κ3) is 5.19. The van der Waals surface area contributed by atoms with Crippen molar-refractivity contribution in [3.05, 3.63) is 194 Å². The number of benzene rings is 8. The number of nitrogens with zero attached hydrogens (tertiary/aromatic N) is 2. The molecule has 244 valence electrons. The quantitative estimate of drug-likeness (QED) is 0.166. The summed E-state index contributed by atoms with van der Waals surface area (Å²) in [6.45, 7) is 0. The topological polar surface area (TPSA) is 29.3 Å². The van der Waals surface area contributed by atoms with Crippen molar-refractivity contribution in [1.29, 1.82) is 0 Å². The van der Waals surface area contributed by atoms with Gasteiger partial charge in [0.15, 0.2) is 0 Å². The number of aromatic nitrogens is 1. The van der Waals surface area contributed by atoms with Gasteiger partial charge < -0.3 is 9.32 Å². The predicted octanol–water partition coefficient (Wildman–Crippen LogP) is 13.8. The highest BCUT2D eigenvalue weighted by atomic mass is 16.3. The van der Waals surface area contributed by atoms with E-state index in [-0.39, 0.29) is 0 Å². The van der Waals surface area contributed by atoms with Crippen LogP contribution in [0.3, 0.4) is 0 Å². The number of furan rings is 1. The Bertz CT molecular complexity index is 2890. The van der Waals surface area contributed by atoms with Crippen molar-refractivity contribution in [2.75, 3.05) is 4.90 Å². The maximum absolute atomic E-state index is 6.06. The Kier molecular flexibility index (Phi) is 7.14. The molecule has 0 amide bonds. The summed E-state index contributed by atoms with van der Waals surface area (Å²) in [4.78, 5) is 6.68. The lowest BCUT2D eigenvalue weighted by Crippen LogP contribution is -2.10. The number of pyridine rings is 1. The Hall–Kier alpha value is -6.97. The number of hydrogen-bond acceptors (Lipinski definition) is 3. The van der Waals surface area contributed by atoms with Gasteiger partial charge in [0, 0.05) is 40.2 Å². The lowest BCUT2D eigenvalue weighted by molar-refractivity contribution is 0.668. The van der Waals surface area contributed by atoms with Crippen LogP contribution in [0.2, 0.25) is 0 Å². The average molecular weight is 665 g/mol. The fourth-order valence-corrected chi connectivity index (χ4v) is 7.59. The molecule has 52 heavy (non-hydrogen) atoms. The van der Waals surface area contributed by atoms with E-state index in [9.17, 15) is 0 Å². The van der Waals surface area contributed by atoms with Gasteiger partial charge in [0.25, 0.3) is 0 Å².